The van der Waals surface area contributed by atoms with E-state index in [-0.39, 0.29) is 24.0 Å². The van der Waals surface area contributed by atoms with Gasteiger partial charge in [0.2, 0.25) is 0 Å². The smallest absolute Gasteiger partial charge is 0.193 e. The summed E-state index contributed by atoms with van der Waals surface area (Å²) in [5.74, 6) is 2.72. The van der Waals surface area contributed by atoms with Crippen molar-refractivity contribution in [2.45, 2.75) is 45.3 Å². The summed E-state index contributed by atoms with van der Waals surface area (Å²) in [7, 11) is 1.90. The number of piperidine rings is 2. The second kappa shape index (κ2) is 12.7. The van der Waals surface area contributed by atoms with Crippen molar-refractivity contribution in [1.82, 2.24) is 20.1 Å². The lowest BCUT2D eigenvalue weighted by molar-refractivity contribution is 0.129. The van der Waals surface area contributed by atoms with Crippen molar-refractivity contribution >= 4 is 41.3 Å². The molecule has 0 aliphatic carbocycles. The molecule has 0 saturated carbocycles. The van der Waals surface area contributed by atoms with Crippen molar-refractivity contribution in [3.63, 3.8) is 0 Å². The van der Waals surface area contributed by atoms with Gasteiger partial charge >= 0.3 is 0 Å². The van der Waals surface area contributed by atoms with E-state index in [0.717, 1.165) is 68.8 Å². The summed E-state index contributed by atoms with van der Waals surface area (Å²) >= 11 is 1.75. The molecule has 0 atom stereocenters. The van der Waals surface area contributed by atoms with Crippen molar-refractivity contribution in [3.05, 3.63) is 46.4 Å². The molecule has 32 heavy (non-hydrogen) atoms. The molecule has 1 N–H and O–H groups in total. The first-order valence-corrected chi connectivity index (χ1v) is 12.4. The maximum absolute atomic E-state index is 6.13. The molecule has 2 aliphatic rings. The van der Waals surface area contributed by atoms with Crippen LogP contribution >= 0.6 is 35.3 Å². The normalized spacial score (nSPS) is 18.9. The van der Waals surface area contributed by atoms with Gasteiger partial charge in [0, 0.05) is 51.4 Å². The van der Waals surface area contributed by atoms with Crippen LogP contribution in [-0.2, 0) is 6.54 Å². The van der Waals surface area contributed by atoms with E-state index in [2.05, 4.69) is 37.4 Å². The van der Waals surface area contributed by atoms with Gasteiger partial charge < -0.3 is 15.0 Å². The van der Waals surface area contributed by atoms with E-state index in [1.54, 1.807) is 11.3 Å². The van der Waals surface area contributed by atoms with Crippen LogP contribution in [0.3, 0.4) is 0 Å². The van der Waals surface area contributed by atoms with Gasteiger partial charge in [-0.25, -0.2) is 4.98 Å². The summed E-state index contributed by atoms with van der Waals surface area (Å²) in [6, 6.07) is 10.2. The fraction of sp³-hybridized carbons (Fsp3) is 0.583. The average Bonchev–Trinajstić information content (AvgIpc) is 3.21. The van der Waals surface area contributed by atoms with Crippen molar-refractivity contribution in [1.29, 1.82) is 0 Å². The standard InChI is InChI=1S/C24H35N5OS.HI/c1-19-27-21(18-31-19)17-28-12-8-20(9-13-28)16-26-24(25-2)29-14-10-23(11-15-29)30-22-6-4-3-5-7-22;/h3-7,18,20,23H,8-17H2,1-2H3,(H,25,26);1H. The predicted octanol–water partition coefficient (Wildman–Crippen LogP) is 4.40. The Morgan fingerprint density at radius 2 is 1.84 bits per heavy atom. The third-order valence-corrected chi connectivity index (χ3v) is 7.13. The van der Waals surface area contributed by atoms with E-state index < -0.39 is 0 Å². The highest BCUT2D eigenvalue weighted by atomic mass is 127. The summed E-state index contributed by atoms with van der Waals surface area (Å²) < 4.78 is 6.13. The Morgan fingerprint density at radius 1 is 1.12 bits per heavy atom. The number of nitrogens with zero attached hydrogens (tertiary/aromatic N) is 4. The van der Waals surface area contributed by atoms with Gasteiger partial charge in [0.05, 0.1) is 10.7 Å². The zero-order valence-electron chi connectivity index (χ0n) is 19.2. The lowest BCUT2D eigenvalue weighted by Gasteiger charge is -2.36. The number of likely N-dealkylation sites (tertiary alicyclic amines) is 2. The molecule has 0 bridgehead atoms. The minimum atomic E-state index is 0. The molecule has 2 fully saturated rings. The van der Waals surface area contributed by atoms with Gasteiger partial charge in [-0.05, 0) is 50.9 Å². The number of aryl methyl sites for hydroxylation is 1. The Kier molecular flexibility index (Phi) is 10.1. The molecule has 4 rings (SSSR count). The Morgan fingerprint density at radius 3 is 2.47 bits per heavy atom. The van der Waals surface area contributed by atoms with Gasteiger partial charge in [-0.2, -0.15) is 0 Å². The van der Waals surface area contributed by atoms with Crippen molar-refractivity contribution in [3.8, 4) is 5.75 Å². The Hall–Kier alpha value is -1.39. The van der Waals surface area contributed by atoms with Crippen LogP contribution in [-0.4, -0.2) is 66.6 Å². The van der Waals surface area contributed by atoms with Gasteiger partial charge in [-0.3, -0.25) is 9.89 Å². The minimum absolute atomic E-state index is 0. The molecule has 1 aromatic carbocycles. The van der Waals surface area contributed by atoms with Gasteiger partial charge in [0.25, 0.3) is 0 Å². The number of nitrogens with one attached hydrogen (secondary N) is 1. The maximum atomic E-state index is 6.13. The Balaban J connectivity index is 0.00000289. The van der Waals surface area contributed by atoms with E-state index in [0.29, 0.717) is 12.0 Å². The molecule has 6 nitrogen and oxygen atoms in total. The van der Waals surface area contributed by atoms with Gasteiger partial charge in [0.1, 0.15) is 11.9 Å². The lowest BCUT2D eigenvalue weighted by Crippen LogP contribution is -2.49. The summed E-state index contributed by atoms with van der Waals surface area (Å²) in [6.45, 7) is 8.37. The van der Waals surface area contributed by atoms with E-state index in [1.165, 1.54) is 18.5 Å². The van der Waals surface area contributed by atoms with Crippen molar-refractivity contribution in [2.75, 3.05) is 39.8 Å². The monoisotopic (exact) mass is 569 g/mol. The molecule has 8 heteroatoms. The number of rotatable bonds is 6. The topological polar surface area (TPSA) is 53.0 Å². The van der Waals surface area contributed by atoms with Crippen LogP contribution in [0.5, 0.6) is 5.75 Å². The predicted molar refractivity (Wildman–Crippen MR) is 143 cm³/mol. The number of guanidine groups is 1. The number of thiazole rings is 1. The third kappa shape index (κ3) is 7.31. The summed E-state index contributed by atoms with van der Waals surface area (Å²) in [5.41, 5.74) is 1.22. The first kappa shape index (κ1) is 25.2. The number of hydrogen-bond donors (Lipinski definition) is 1. The molecule has 2 saturated heterocycles. The van der Waals surface area contributed by atoms with Crippen molar-refractivity contribution in [2.24, 2.45) is 10.9 Å². The number of hydrogen-bond acceptors (Lipinski definition) is 5. The molecule has 0 amide bonds. The fourth-order valence-corrected chi connectivity index (χ4v) is 5.11. The molecule has 0 unspecified atom stereocenters. The first-order valence-electron chi connectivity index (χ1n) is 11.5. The SMILES string of the molecule is CN=C(NCC1CCN(Cc2csc(C)n2)CC1)N1CCC(Oc2ccccc2)CC1.I. The highest BCUT2D eigenvalue weighted by Crippen LogP contribution is 2.21. The van der Waals surface area contributed by atoms with Crippen LogP contribution in [0.25, 0.3) is 0 Å². The number of aromatic nitrogens is 1. The minimum Gasteiger partial charge on any atom is -0.490 e. The number of ether oxygens (including phenoxy) is 1. The highest BCUT2D eigenvalue weighted by Gasteiger charge is 2.24. The maximum Gasteiger partial charge on any atom is 0.193 e. The van der Waals surface area contributed by atoms with Crippen LogP contribution in [0, 0.1) is 12.8 Å². The van der Waals surface area contributed by atoms with Gasteiger partial charge in [0.15, 0.2) is 5.96 Å². The number of halogens is 1. The molecule has 1 aromatic heterocycles. The molecular weight excluding hydrogens is 533 g/mol. The quantitative estimate of drug-likeness (QED) is 0.318. The van der Waals surface area contributed by atoms with Crippen LogP contribution in [0.4, 0.5) is 0 Å². The Bertz CT molecular complexity index is 830. The molecule has 0 radical (unpaired) electrons. The van der Waals surface area contributed by atoms with Crippen LogP contribution in [0.2, 0.25) is 0 Å². The molecular formula is C24H36IN5OS. The van der Waals surface area contributed by atoms with E-state index >= 15 is 0 Å². The molecule has 176 valence electrons. The van der Waals surface area contributed by atoms with Gasteiger partial charge in [-0.15, -0.1) is 35.3 Å². The van der Waals surface area contributed by atoms with Crippen molar-refractivity contribution < 1.29 is 4.74 Å². The third-order valence-electron chi connectivity index (χ3n) is 6.31. The summed E-state index contributed by atoms with van der Waals surface area (Å²) in [4.78, 5) is 14.1. The van der Waals surface area contributed by atoms with Crippen LogP contribution in [0.15, 0.2) is 40.7 Å². The number of para-hydroxylation sites is 1. The molecule has 2 aromatic rings. The molecule has 2 aliphatic heterocycles. The summed E-state index contributed by atoms with van der Waals surface area (Å²) in [5, 5.41) is 7.01. The van der Waals surface area contributed by atoms with E-state index in [4.69, 9.17) is 4.74 Å². The fourth-order valence-electron chi connectivity index (χ4n) is 4.50. The zero-order chi connectivity index (χ0) is 21.5. The largest absolute Gasteiger partial charge is 0.490 e. The number of aliphatic imine (C=N–C) groups is 1. The van der Waals surface area contributed by atoms with Crippen LogP contribution in [0.1, 0.15) is 36.4 Å². The second-order valence-corrected chi connectivity index (χ2v) is 9.69. The summed E-state index contributed by atoms with van der Waals surface area (Å²) in [6.07, 6.45) is 4.83. The molecule has 0 spiro atoms. The van der Waals surface area contributed by atoms with Gasteiger partial charge in [-0.1, -0.05) is 18.2 Å². The number of benzene rings is 1. The average molecular weight is 570 g/mol. The first-order chi connectivity index (χ1) is 15.2. The molecule has 3 heterocycles. The second-order valence-electron chi connectivity index (χ2n) is 8.62. The highest BCUT2D eigenvalue weighted by molar-refractivity contribution is 14.0. The van der Waals surface area contributed by atoms with E-state index in [1.807, 2.05) is 37.4 Å². The van der Waals surface area contributed by atoms with Crippen LogP contribution < -0.4 is 10.1 Å². The Labute approximate surface area is 213 Å². The lowest BCUT2D eigenvalue weighted by atomic mass is 9.96. The van der Waals surface area contributed by atoms with E-state index in [9.17, 15) is 0 Å². The zero-order valence-corrected chi connectivity index (χ0v) is 22.4.